The Bertz CT molecular complexity index is 708. The first-order valence-electron chi connectivity index (χ1n) is 5.63. The molecule has 2 N–H and O–H groups in total. The molecule has 0 atom stereocenters. The predicted octanol–water partition coefficient (Wildman–Crippen LogP) is 2.56. The molecule has 0 spiro atoms. The number of anilines is 1. The molecule has 2 heterocycles. The summed E-state index contributed by atoms with van der Waals surface area (Å²) < 4.78 is 1.60. The van der Waals surface area contributed by atoms with E-state index in [0.29, 0.717) is 16.4 Å². The van der Waals surface area contributed by atoms with E-state index in [2.05, 4.69) is 15.3 Å². The van der Waals surface area contributed by atoms with E-state index in [1.54, 1.807) is 35.3 Å². The van der Waals surface area contributed by atoms with Crippen molar-refractivity contribution in [3.63, 3.8) is 0 Å². The van der Waals surface area contributed by atoms with Crippen molar-refractivity contribution in [2.75, 3.05) is 5.73 Å². The Morgan fingerprint density at radius 1 is 1.11 bits per heavy atom. The lowest BCUT2D eigenvalue weighted by molar-refractivity contribution is 0.804. The van der Waals surface area contributed by atoms with Gasteiger partial charge in [0.2, 0.25) is 0 Å². The maximum atomic E-state index is 6.14. The van der Waals surface area contributed by atoms with Gasteiger partial charge in [0, 0.05) is 11.9 Å². The number of aromatic nitrogens is 4. The summed E-state index contributed by atoms with van der Waals surface area (Å²) >= 11 is 6.14. The largest absolute Gasteiger partial charge is 0.399 e. The molecule has 3 aromatic rings. The Hall–Kier alpha value is -2.40. The average molecular weight is 272 g/mol. The quantitative estimate of drug-likeness (QED) is 0.727. The fraction of sp³-hybridized carbons (Fsp3) is 0. The van der Waals surface area contributed by atoms with Crippen LogP contribution in [0, 0.1) is 0 Å². The molecule has 0 aliphatic carbocycles. The molecule has 0 saturated heterocycles. The van der Waals surface area contributed by atoms with E-state index in [-0.39, 0.29) is 0 Å². The molecular weight excluding hydrogens is 262 g/mol. The molecule has 0 bridgehead atoms. The number of hydrogen-bond donors (Lipinski definition) is 1. The van der Waals surface area contributed by atoms with E-state index in [0.717, 1.165) is 11.4 Å². The van der Waals surface area contributed by atoms with Gasteiger partial charge in [-0.15, -0.1) is 5.10 Å². The zero-order valence-corrected chi connectivity index (χ0v) is 10.6. The van der Waals surface area contributed by atoms with Crippen molar-refractivity contribution in [2.45, 2.75) is 0 Å². The predicted molar refractivity (Wildman–Crippen MR) is 74.0 cm³/mol. The number of benzene rings is 1. The fourth-order valence-electron chi connectivity index (χ4n) is 1.72. The Labute approximate surface area is 114 Å². The van der Waals surface area contributed by atoms with Crippen LogP contribution in [-0.4, -0.2) is 20.0 Å². The van der Waals surface area contributed by atoms with Crippen molar-refractivity contribution >= 4 is 17.3 Å². The van der Waals surface area contributed by atoms with Crippen molar-refractivity contribution < 1.29 is 0 Å². The minimum atomic E-state index is 0.525. The normalized spacial score (nSPS) is 10.6. The molecule has 19 heavy (non-hydrogen) atoms. The third-order valence-electron chi connectivity index (χ3n) is 2.64. The molecule has 0 aliphatic heterocycles. The van der Waals surface area contributed by atoms with Crippen LogP contribution in [0.4, 0.5) is 5.69 Å². The number of pyridine rings is 1. The molecule has 0 saturated carbocycles. The van der Waals surface area contributed by atoms with Crippen molar-refractivity contribution in [3.05, 3.63) is 53.8 Å². The van der Waals surface area contributed by atoms with Crippen LogP contribution < -0.4 is 5.73 Å². The monoisotopic (exact) mass is 271 g/mol. The van der Waals surface area contributed by atoms with E-state index in [9.17, 15) is 0 Å². The lowest BCUT2D eigenvalue weighted by atomic mass is 10.2. The van der Waals surface area contributed by atoms with Gasteiger partial charge < -0.3 is 5.73 Å². The first kappa shape index (κ1) is 11.7. The molecule has 0 fully saturated rings. The number of nitrogens with two attached hydrogens (primary N) is 1. The van der Waals surface area contributed by atoms with Gasteiger partial charge in [-0.3, -0.25) is 4.98 Å². The van der Waals surface area contributed by atoms with Gasteiger partial charge in [-0.05, 0) is 30.3 Å². The molecule has 0 aliphatic rings. The summed E-state index contributed by atoms with van der Waals surface area (Å²) in [5, 5.41) is 8.67. The number of nitrogen functional groups attached to an aromatic ring is 1. The van der Waals surface area contributed by atoms with Crippen LogP contribution in [0.15, 0.2) is 48.8 Å². The molecule has 94 valence electrons. The standard InChI is InChI=1S/C13H10ClN5/c14-10-7-9(15)4-5-13(10)19-8-12(17-18-19)11-3-1-2-6-16-11/h1-8H,15H2. The molecule has 6 heteroatoms. The van der Waals surface area contributed by atoms with Gasteiger partial charge in [-0.25, -0.2) is 4.68 Å². The van der Waals surface area contributed by atoms with Crippen molar-refractivity contribution in [1.29, 1.82) is 0 Å². The number of hydrogen-bond acceptors (Lipinski definition) is 4. The minimum absolute atomic E-state index is 0.525. The van der Waals surface area contributed by atoms with Crippen LogP contribution in [0.2, 0.25) is 5.02 Å². The average Bonchev–Trinajstić information content (AvgIpc) is 2.89. The minimum Gasteiger partial charge on any atom is -0.399 e. The summed E-state index contributed by atoms with van der Waals surface area (Å²) in [6.45, 7) is 0. The third kappa shape index (κ3) is 2.28. The zero-order chi connectivity index (χ0) is 13.2. The number of rotatable bonds is 2. The van der Waals surface area contributed by atoms with Crippen molar-refractivity contribution in [3.8, 4) is 17.1 Å². The summed E-state index contributed by atoms with van der Waals surface area (Å²) in [5.41, 5.74) is 8.45. The smallest absolute Gasteiger partial charge is 0.131 e. The molecular formula is C13H10ClN5. The van der Waals surface area contributed by atoms with E-state index in [1.165, 1.54) is 0 Å². The lowest BCUT2D eigenvalue weighted by Gasteiger charge is -2.03. The number of nitrogens with zero attached hydrogens (tertiary/aromatic N) is 4. The first-order chi connectivity index (χ1) is 9.24. The van der Waals surface area contributed by atoms with Crippen LogP contribution in [-0.2, 0) is 0 Å². The maximum Gasteiger partial charge on any atom is 0.131 e. The molecule has 1 aromatic carbocycles. The third-order valence-corrected chi connectivity index (χ3v) is 2.94. The van der Waals surface area contributed by atoms with E-state index in [1.807, 2.05) is 18.2 Å². The van der Waals surface area contributed by atoms with Crippen LogP contribution in [0.1, 0.15) is 0 Å². The van der Waals surface area contributed by atoms with Gasteiger partial charge in [-0.1, -0.05) is 22.9 Å². The van der Waals surface area contributed by atoms with Gasteiger partial charge in [-0.2, -0.15) is 0 Å². The zero-order valence-electron chi connectivity index (χ0n) is 9.86. The molecule has 0 radical (unpaired) electrons. The summed E-state index contributed by atoms with van der Waals surface area (Å²) in [4.78, 5) is 4.22. The fourth-order valence-corrected chi connectivity index (χ4v) is 2.00. The van der Waals surface area contributed by atoms with E-state index in [4.69, 9.17) is 17.3 Å². The van der Waals surface area contributed by atoms with Gasteiger partial charge in [0.25, 0.3) is 0 Å². The Balaban J connectivity index is 2.02. The Morgan fingerprint density at radius 2 is 2.00 bits per heavy atom. The van der Waals surface area contributed by atoms with Gasteiger partial charge in [0.05, 0.1) is 22.6 Å². The van der Waals surface area contributed by atoms with Crippen LogP contribution in [0.25, 0.3) is 17.1 Å². The van der Waals surface area contributed by atoms with Gasteiger partial charge in [0.15, 0.2) is 0 Å². The molecule has 0 amide bonds. The Kier molecular flexibility index (Phi) is 2.89. The van der Waals surface area contributed by atoms with Crippen LogP contribution in [0.5, 0.6) is 0 Å². The first-order valence-corrected chi connectivity index (χ1v) is 6.01. The summed E-state index contributed by atoms with van der Waals surface area (Å²) in [7, 11) is 0. The Morgan fingerprint density at radius 3 is 2.74 bits per heavy atom. The van der Waals surface area contributed by atoms with Gasteiger partial charge >= 0.3 is 0 Å². The summed E-state index contributed by atoms with van der Waals surface area (Å²) in [6.07, 6.45) is 3.49. The van der Waals surface area contributed by atoms with Crippen molar-refractivity contribution in [1.82, 2.24) is 20.0 Å². The highest BCUT2D eigenvalue weighted by molar-refractivity contribution is 6.32. The van der Waals surface area contributed by atoms with E-state index < -0.39 is 0 Å². The lowest BCUT2D eigenvalue weighted by Crippen LogP contribution is -1.96. The molecule has 2 aromatic heterocycles. The SMILES string of the molecule is Nc1ccc(-n2cc(-c3ccccn3)nn2)c(Cl)c1. The van der Waals surface area contributed by atoms with E-state index >= 15 is 0 Å². The summed E-state index contributed by atoms with van der Waals surface area (Å²) in [5.74, 6) is 0. The maximum absolute atomic E-state index is 6.14. The van der Waals surface area contributed by atoms with Gasteiger partial charge in [0.1, 0.15) is 5.69 Å². The van der Waals surface area contributed by atoms with Crippen molar-refractivity contribution in [2.24, 2.45) is 0 Å². The topological polar surface area (TPSA) is 69.6 Å². The highest BCUT2D eigenvalue weighted by atomic mass is 35.5. The highest BCUT2D eigenvalue weighted by Crippen LogP contribution is 2.23. The van der Waals surface area contributed by atoms with Crippen LogP contribution in [0.3, 0.4) is 0 Å². The highest BCUT2D eigenvalue weighted by Gasteiger charge is 2.08. The second-order valence-electron chi connectivity index (χ2n) is 3.97. The number of halogens is 1. The molecule has 0 unspecified atom stereocenters. The second kappa shape index (κ2) is 4.70. The molecule has 5 nitrogen and oxygen atoms in total. The second-order valence-corrected chi connectivity index (χ2v) is 4.38. The van der Waals surface area contributed by atoms with Crippen LogP contribution >= 0.6 is 11.6 Å². The summed E-state index contributed by atoms with van der Waals surface area (Å²) in [6, 6.07) is 10.9. The molecule has 3 rings (SSSR count).